The lowest BCUT2D eigenvalue weighted by molar-refractivity contribution is 0.141. The first-order valence-corrected chi connectivity index (χ1v) is 7.93. The maximum atomic E-state index is 6.41. The van der Waals surface area contributed by atoms with Gasteiger partial charge in [0.1, 0.15) is 0 Å². The molecule has 1 aromatic rings. The van der Waals surface area contributed by atoms with E-state index in [9.17, 15) is 0 Å². The Bertz CT molecular complexity index is 403. The Labute approximate surface area is 133 Å². The van der Waals surface area contributed by atoms with Crippen molar-refractivity contribution in [2.75, 3.05) is 44.4 Å². The maximum Gasteiger partial charge on any atom is 0.0642 e. The molecule has 1 aromatic carbocycles. The molecule has 0 unspecified atom stereocenters. The Kier molecular flexibility index (Phi) is 8.69. The molecule has 0 aliphatic heterocycles. The van der Waals surface area contributed by atoms with E-state index in [4.69, 9.17) is 26.8 Å². The number of rotatable bonds is 10. The van der Waals surface area contributed by atoms with Crippen molar-refractivity contribution >= 4 is 17.3 Å². The highest BCUT2D eigenvalue weighted by Gasteiger charge is 2.12. The van der Waals surface area contributed by atoms with Crippen molar-refractivity contribution in [1.82, 2.24) is 0 Å². The summed E-state index contributed by atoms with van der Waals surface area (Å²) in [6, 6.07) is 5.98. The van der Waals surface area contributed by atoms with Gasteiger partial charge in [-0.3, -0.25) is 0 Å². The molecule has 0 saturated heterocycles. The predicted molar refractivity (Wildman–Crippen MR) is 89.3 cm³/mol. The fourth-order valence-electron chi connectivity index (χ4n) is 2.05. The van der Waals surface area contributed by atoms with Crippen LogP contribution in [0.15, 0.2) is 18.2 Å². The van der Waals surface area contributed by atoms with Gasteiger partial charge < -0.3 is 20.1 Å². The quantitative estimate of drug-likeness (QED) is 0.674. The summed E-state index contributed by atoms with van der Waals surface area (Å²) < 4.78 is 10.9. The van der Waals surface area contributed by atoms with E-state index in [2.05, 4.69) is 4.90 Å². The van der Waals surface area contributed by atoms with Gasteiger partial charge in [-0.15, -0.1) is 0 Å². The molecule has 0 spiro atoms. The van der Waals surface area contributed by atoms with Crippen molar-refractivity contribution in [2.45, 2.75) is 26.8 Å². The lowest BCUT2D eigenvalue weighted by Crippen LogP contribution is -2.31. The zero-order chi connectivity index (χ0) is 15.7. The van der Waals surface area contributed by atoms with Gasteiger partial charge in [-0.05, 0) is 38.5 Å². The molecule has 0 saturated carbocycles. The van der Waals surface area contributed by atoms with Crippen LogP contribution in [-0.2, 0) is 9.47 Å². The fourth-order valence-corrected chi connectivity index (χ4v) is 2.36. The number of anilines is 1. The van der Waals surface area contributed by atoms with Crippen LogP contribution in [0.4, 0.5) is 5.69 Å². The van der Waals surface area contributed by atoms with Crippen LogP contribution in [0.5, 0.6) is 0 Å². The molecule has 0 fully saturated rings. The molecule has 0 amide bonds. The van der Waals surface area contributed by atoms with E-state index < -0.39 is 0 Å². The van der Waals surface area contributed by atoms with Gasteiger partial charge in [-0.2, -0.15) is 0 Å². The third-order valence-corrected chi connectivity index (χ3v) is 3.56. The number of ether oxygens (including phenoxy) is 2. The Morgan fingerprint density at radius 3 is 2.14 bits per heavy atom. The Balaban J connectivity index is 2.79. The molecule has 4 nitrogen and oxygen atoms in total. The molecule has 0 bridgehead atoms. The zero-order valence-corrected chi connectivity index (χ0v) is 14.0. The van der Waals surface area contributed by atoms with Crippen molar-refractivity contribution in [3.63, 3.8) is 0 Å². The number of hydrogen-bond acceptors (Lipinski definition) is 4. The summed E-state index contributed by atoms with van der Waals surface area (Å²) in [4.78, 5) is 2.19. The molecule has 120 valence electrons. The summed E-state index contributed by atoms with van der Waals surface area (Å²) in [7, 11) is 0. The lowest BCUT2D eigenvalue weighted by Gasteiger charge is -2.26. The molecule has 1 atom stereocenters. The van der Waals surface area contributed by atoms with E-state index in [1.165, 1.54) is 0 Å². The molecule has 0 radical (unpaired) electrons. The normalized spacial score (nSPS) is 12.4. The molecular weight excluding hydrogens is 288 g/mol. The Hall–Kier alpha value is -0.810. The molecule has 21 heavy (non-hydrogen) atoms. The summed E-state index contributed by atoms with van der Waals surface area (Å²) in [5.41, 5.74) is 7.93. The van der Waals surface area contributed by atoms with Crippen LogP contribution in [0, 0.1) is 0 Å². The summed E-state index contributed by atoms with van der Waals surface area (Å²) in [6.45, 7) is 10.3. The van der Waals surface area contributed by atoms with Crippen molar-refractivity contribution in [3.05, 3.63) is 28.8 Å². The molecule has 0 aliphatic rings. The molecule has 0 aromatic heterocycles. The molecule has 0 aliphatic carbocycles. The van der Waals surface area contributed by atoms with Crippen molar-refractivity contribution in [2.24, 2.45) is 5.73 Å². The number of nitrogens with two attached hydrogens (primary N) is 1. The summed E-state index contributed by atoms with van der Waals surface area (Å²) >= 11 is 6.41. The number of hydrogen-bond donors (Lipinski definition) is 1. The van der Waals surface area contributed by atoms with Gasteiger partial charge in [0, 0.05) is 32.3 Å². The Morgan fingerprint density at radius 1 is 1.14 bits per heavy atom. The molecule has 0 heterocycles. The molecule has 5 heteroatoms. The minimum atomic E-state index is -0.0168. The summed E-state index contributed by atoms with van der Waals surface area (Å²) in [5.74, 6) is 0. The van der Waals surface area contributed by atoms with Gasteiger partial charge in [-0.1, -0.05) is 17.7 Å². The van der Waals surface area contributed by atoms with Crippen LogP contribution in [0.25, 0.3) is 0 Å². The van der Waals surface area contributed by atoms with Gasteiger partial charge in [0.25, 0.3) is 0 Å². The maximum absolute atomic E-state index is 6.41. The van der Waals surface area contributed by atoms with Gasteiger partial charge in [0.2, 0.25) is 0 Å². The van der Waals surface area contributed by atoms with E-state index in [1.807, 2.05) is 39.0 Å². The van der Waals surface area contributed by atoms with E-state index in [0.29, 0.717) is 13.2 Å². The first kappa shape index (κ1) is 18.2. The van der Waals surface area contributed by atoms with E-state index >= 15 is 0 Å². The largest absolute Gasteiger partial charge is 0.380 e. The summed E-state index contributed by atoms with van der Waals surface area (Å²) in [6.07, 6.45) is 0. The average molecular weight is 315 g/mol. The number of benzene rings is 1. The van der Waals surface area contributed by atoms with Crippen LogP contribution in [0.3, 0.4) is 0 Å². The van der Waals surface area contributed by atoms with Crippen molar-refractivity contribution < 1.29 is 9.47 Å². The smallest absolute Gasteiger partial charge is 0.0642 e. The van der Waals surface area contributed by atoms with Gasteiger partial charge >= 0.3 is 0 Å². The standard InChI is InChI=1S/C16H27ClN2O2/c1-4-20-10-8-19(9-11-21-5-2)16-7-6-14(13(3)18)12-15(16)17/h6-7,12-13H,4-5,8-11,18H2,1-3H3/t13-/m1/s1. The minimum absolute atomic E-state index is 0.0168. The highest BCUT2D eigenvalue weighted by atomic mass is 35.5. The first-order valence-electron chi connectivity index (χ1n) is 7.55. The predicted octanol–water partition coefficient (Wildman–Crippen LogP) is 3.24. The van der Waals surface area contributed by atoms with E-state index in [1.54, 1.807) is 0 Å². The molecule has 1 rings (SSSR count). The Morgan fingerprint density at radius 2 is 1.71 bits per heavy atom. The monoisotopic (exact) mass is 314 g/mol. The van der Waals surface area contributed by atoms with Crippen LogP contribution in [0.2, 0.25) is 5.02 Å². The second kappa shape index (κ2) is 10.0. The average Bonchev–Trinajstić information content (AvgIpc) is 2.46. The van der Waals surface area contributed by atoms with Crippen molar-refractivity contribution in [3.8, 4) is 0 Å². The SMILES string of the molecule is CCOCCN(CCOCC)c1ccc([C@@H](C)N)cc1Cl. The number of nitrogens with zero attached hydrogens (tertiary/aromatic N) is 1. The third kappa shape index (κ3) is 6.22. The molecular formula is C16H27ClN2O2. The van der Waals surface area contributed by atoms with Crippen LogP contribution >= 0.6 is 11.6 Å². The minimum Gasteiger partial charge on any atom is -0.380 e. The second-order valence-electron chi connectivity index (χ2n) is 4.88. The fraction of sp³-hybridized carbons (Fsp3) is 0.625. The highest BCUT2D eigenvalue weighted by molar-refractivity contribution is 6.33. The van der Waals surface area contributed by atoms with E-state index in [0.717, 1.165) is 42.6 Å². The first-order chi connectivity index (χ1) is 10.1. The number of halogens is 1. The van der Waals surface area contributed by atoms with E-state index in [-0.39, 0.29) is 6.04 Å². The lowest BCUT2D eigenvalue weighted by atomic mass is 10.1. The third-order valence-electron chi connectivity index (χ3n) is 3.26. The highest BCUT2D eigenvalue weighted by Crippen LogP contribution is 2.28. The zero-order valence-electron chi connectivity index (χ0n) is 13.3. The van der Waals surface area contributed by atoms with Crippen LogP contribution in [0.1, 0.15) is 32.4 Å². The van der Waals surface area contributed by atoms with Gasteiger partial charge in [0.05, 0.1) is 23.9 Å². The second-order valence-corrected chi connectivity index (χ2v) is 5.29. The molecule has 2 N–H and O–H groups in total. The van der Waals surface area contributed by atoms with Crippen LogP contribution in [-0.4, -0.2) is 39.5 Å². The van der Waals surface area contributed by atoms with Gasteiger partial charge in [0.15, 0.2) is 0 Å². The topological polar surface area (TPSA) is 47.7 Å². The summed E-state index contributed by atoms with van der Waals surface area (Å²) in [5, 5.41) is 0.720. The van der Waals surface area contributed by atoms with Crippen LogP contribution < -0.4 is 10.6 Å². The van der Waals surface area contributed by atoms with Gasteiger partial charge in [-0.25, -0.2) is 0 Å². The van der Waals surface area contributed by atoms with Crippen molar-refractivity contribution in [1.29, 1.82) is 0 Å².